The third-order valence-electron chi connectivity index (χ3n) is 2.97. The predicted molar refractivity (Wildman–Crippen MR) is 93.4 cm³/mol. The molecule has 1 amide bonds. The van der Waals surface area contributed by atoms with Gasteiger partial charge >= 0.3 is 0 Å². The van der Waals surface area contributed by atoms with E-state index >= 15 is 0 Å². The Bertz CT molecular complexity index is 613. The molecule has 2 rings (SSSR count). The minimum Gasteiger partial charge on any atom is -0.325 e. The van der Waals surface area contributed by atoms with Gasteiger partial charge in [0.25, 0.3) is 0 Å². The first-order valence-electron chi connectivity index (χ1n) is 6.81. The number of aryl methyl sites for hydroxylation is 1. The zero-order valence-corrected chi connectivity index (χ0v) is 13.9. The molecule has 0 saturated carbocycles. The van der Waals surface area contributed by atoms with Crippen LogP contribution in [0.25, 0.3) is 0 Å². The summed E-state index contributed by atoms with van der Waals surface area (Å²) in [5, 5.41) is 2.99. The van der Waals surface area contributed by atoms with Gasteiger partial charge < -0.3 is 5.32 Å². The minimum absolute atomic E-state index is 0.0663. The molecule has 0 aliphatic rings. The number of anilines is 1. The standard InChI is InChI=1S/C17H19NOS2/c1-13-6-5-7-14(12-13)21-11-10-17(19)18-15-8-3-4-9-16(15)20-2/h3-9,12H,10-11H2,1-2H3,(H,18,19). The molecule has 2 aromatic carbocycles. The van der Waals surface area contributed by atoms with E-state index in [2.05, 4.69) is 30.4 Å². The number of nitrogens with one attached hydrogen (secondary N) is 1. The van der Waals surface area contributed by atoms with Crippen molar-refractivity contribution in [3.05, 3.63) is 54.1 Å². The van der Waals surface area contributed by atoms with Crippen molar-refractivity contribution in [1.82, 2.24) is 0 Å². The van der Waals surface area contributed by atoms with Crippen LogP contribution in [-0.4, -0.2) is 17.9 Å². The Morgan fingerprint density at radius 1 is 1.14 bits per heavy atom. The van der Waals surface area contributed by atoms with Crippen molar-refractivity contribution in [2.45, 2.75) is 23.1 Å². The van der Waals surface area contributed by atoms with E-state index in [1.807, 2.05) is 36.6 Å². The van der Waals surface area contributed by atoms with Gasteiger partial charge in [0, 0.05) is 22.0 Å². The lowest BCUT2D eigenvalue weighted by Gasteiger charge is -2.09. The number of carbonyl (C=O) groups is 1. The molecule has 4 heteroatoms. The fraction of sp³-hybridized carbons (Fsp3) is 0.235. The summed E-state index contributed by atoms with van der Waals surface area (Å²) in [6.45, 7) is 2.08. The highest BCUT2D eigenvalue weighted by Crippen LogP contribution is 2.25. The lowest BCUT2D eigenvalue weighted by molar-refractivity contribution is -0.115. The fourth-order valence-corrected chi connectivity index (χ4v) is 3.45. The van der Waals surface area contributed by atoms with Crippen LogP contribution >= 0.6 is 23.5 Å². The van der Waals surface area contributed by atoms with Crippen LogP contribution in [-0.2, 0) is 4.79 Å². The maximum absolute atomic E-state index is 12.0. The molecule has 0 aliphatic carbocycles. The molecule has 21 heavy (non-hydrogen) atoms. The molecule has 0 aromatic heterocycles. The van der Waals surface area contributed by atoms with E-state index in [4.69, 9.17) is 0 Å². The second-order valence-electron chi connectivity index (χ2n) is 4.66. The first-order valence-corrected chi connectivity index (χ1v) is 9.02. The normalized spacial score (nSPS) is 10.4. The van der Waals surface area contributed by atoms with Crippen LogP contribution in [0.2, 0.25) is 0 Å². The number of amides is 1. The molecule has 0 fully saturated rings. The minimum atomic E-state index is 0.0663. The van der Waals surface area contributed by atoms with Gasteiger partial charge in [-0.15, -0.1) is 23.5 Å². The van der Waals surface area contributed by atoms with E-state index in [9.17, 15) is 4.79 Å². The second kappa shape index (κ2) is 8.15. The maximum Gasteiger partial charge on any atom is 0.225 e. The van der Waals surface area contributed by atoms with E-state index < -0.39 is 0 Å². The third-order valence-corrected chi connectivity index (χ3v) is 4.76. The number of benzene rings is 2. The molecule has 110 valence electrons. The summed E-state index contributed by atoms with van der Waals surface area (Å²) in [6, 6.07) is 16.2. The highest BCUT2D eigenvalue weighted by molar-refractivity contribution is 7.99. The van der Waals surface area contributed by atoms with Crippen molar-refractivity contribution in [2.75, 3.05) is 17.3 Å². The van der Waals surface area contributed by atoms with Crippen molar-refractivity contribution in [3.63, 3.8) is 0 Å². The molecule has 0 radical (unpaired) electrons. The molecule has 0 heterocycles. The summed E-state index contributed by atoms with van der Waals surface area (Å²) >= 11 is 3.36. The molecule has 1 N–H and O–H groups in total. The SMILES string of the molecule is CSc1ccccc1NC(=O)CCSc1cccc(C)c1. The first-order chi connectivity index (χ1) is 10.2. The second-order valence-corrected chi connectivity index (χ2v) is 6.68. The lowest BCUT2D eigenvalue weighted by Crippen LogP contribution is -2.12. The molecular formula is C17H19NOS2. The summed E-state index contributed by atoms with van der Waals surface area (Å²) in [6.07, 6.45) is 2.53. The van der Waals surface area contributed by atoms with Crippen molar-refractivity contribution >= 4 is 35.1 Å². The lowest BCUT2D eigenvalue weighted by atomic mass is 10.2. The molecule has 0 spiro atoms. The van der Waals surface area contributed by atoms with Crippen LogP contribution in [0, 0.1) is 6.92 Å². The van der Waals surface area contributed by atoms with Crippen LogP contribution in [0.15, 0.2) is 58.3 Å². The van der Waals surface area contributed by atoms with E-state index in [1.165, 1.54) is 10.5 Å². The van der Waals surface area contributed by atoms with Gasteiger partial charge in [0.2, 0.25) is 5.91 Å². The number of para-hydroxylation sites is 1. The Hall–Kier alpha value is -1.39. The van der Waals surface area contributed by atoms with Gasteiger partial charge in [-0.05, 0) is 37.4 Å². The zero-order chi connectivity index (χ0) is 15.1. The van der Waals surface area contributed by atoms with E-state index in [1.54, 1.807) is 23.5 Å². The number of carbonyl (C=O) groups excluding carboxylic acids is 1. The maximum atomic E-state index is 12.0. The van der Waals surface area contributed by atoms with Crippen molar-refractivity contribution in [3.8, 4) is 0 Å². The number of hydrogen-bond donors (Lipinski definition) is 1. The Morgan fingerprint density at radius 2 is 1.95 bits per heavy atom. The van der Waals surface area contributed by atoms with E-state index in [0.29, 0.717) is 6.42 Å². The molecule has 0 atom stereocenters. The number of rotatable bonds is 6. The van der Waals surface area contributed by atoms with Gasteiger partial charge in [0.1, 0.15) is 0 Å². The van der Waals surface area contributed by atoms with Crippen molar-refractivity contribution in [2.24, 2.45) is 0 Å². The van der Waals surface area contributed by atoms with Gasteiger partial charge in [-0.3, -0.25) is 4.79 Å². The van der Waals surface area contributed by atoms with Gasteiger partial charge in [0.15, 0.2) is 0 Å². The topological polar surface area (TPSA) is 29.1 Å². The van der Waals surface area contributed by atoms with Gasteiger partial charge in [-0.1, -0.05) is 29.8 Å². The Labute approximate surface area is 134 Å². The molecular weight excluding hydrogens is 298 g/mol. The van der Waals surface area contributed by atoms with Crippen LogP contribution in [0.4, 0.5) is 5.69 Å². The third kappa shape index (κ3) is 5.14. The summed E-state index contributed by atoms with van der Waals surface area (Å²) in [4.78, 5) is 14.3. The smallest absolute Gasteiger partial charge is 0.225 e. The van der Waals surface area contributed by atoms with Crippen LogP contribution in [0.1, 0.15) is 12.0 Å². The zero-order valence-electron chi connectivity index (χ0n) is 12.3. The van der Waals surface area contributed by atoms with Crippen LogP contribution in [0.5, 0.6) is 0 Å². The monoisotopic (exact) mass is 317 g/mol. The average molecular weight is 317 g/mol. The Kier molecular flexibility index (Phi) is 6.21. The van der Waals surface area contributed by atoms with Gasteiger partial charge in [-0.2, -0.15) is 0 Å². The molecule has 2 aromatic rings. The quantitative estimate of drug-likeness (QED) is 0.773. The molecule has 0 bridgehead atoms. The van der Waals surface area contributed by atoms with E-state index in [-0.39, 0.29) is 5.91 Å². The Morgan fingerprint density at radius 3 is 2.71 bits per heavy atom. The predicted octanol–water partition coefficient (Wildman–Crippen LogP) is 4.84. The number of hydrogen-bond acceptors (Lipinski definition) is 3. The number of thioether (sulfide) groups is 2. The highest BCUT2D eigenvalue weighted by atomic mass is 32.2. The highest BCUT2D eigenvalue weighted by Gasteiger charge is 2.06. The molecule has 0 unspecified atom stereocenters. The van der Waals surface area contributed by atoms with Crippen molar-refractivity contribution in [1.29, 1.82) is 0 Å². The van der Waals surface area contributed by atoms with Gasteiger partial charge in [0.05, 0.1) is 5.69 Å². The van der Waals surface area contributed by atoms with Gasteiger partial charge in [-0.25, -0.2) is 0 Å². The summed E-state index contributed by atoms with van der Waals surface area (Å²) < 4.78 is 0. The molecule has 0 saturated heterocycles. The van der Waals surface area contributed by atoms with Crippen LogP contribution in [0.3, 0.4) is 0 Å². The largest absolute Gasteiger partial charge is 0.325 e. The molecule has 2 nitrogen and oxygen atoms in total. The molecule has 0 aliphatic heterocycles. The first kappa shape index (κ1) is 16.0. The van der Waals surface area contributed by atoms with Crippen molar-refractivity contribution < 1.29 is 4.79 Å². The van der Waals surface area contributed by atoms with Crippen LogP contribution < -0.4 is 5.32 Å². The Balaban J connectivity index is 1.82. The summed E-state index contributed by atoms with van der Waals surface area (Å²) in [5.41, 5.74) is 2.15. The summed E-state index contributed by atoms with van der Waals surface area (Å²) in [5.74, 6) is 0.855. The van der Waals surface area contributed by atoms with E-state index in [0.717, 1.165) is 16.3 Å². The average Bonchev–Trinajstić information content (AvgIpc) is 2.48. The fourth-order valence-electron chi connectivity index (χ4n) is 1.93. The summed E-state index contributed by atoms with van der Waals surface area (Å²) in [7, 11) is 0.